The van der Waals surface area contributed by atoms with Gasteiger partial charge in [0.15, 0.2) is 0 Å². The van der Waals surface area contributed by atoms with Gasteiger partial charge in [-0.3, -0.25) is 0 Å². The van der Waals surface area contributed by atoms with E-state index in [2.05, 4.69) is 13.0 Å². The fraction of sp³-hybridized carbons (Fsp3) is 0.741. The van der Waals surface area contributed by atoms with E-state index in [0.717, 1.165) is 42.4 Å². The molecule has 0 N–H and O–H groups in total. The zero-order chi connectivity index (χ0) is 20.3. The maximum atomic E-state index is 8.85. The second-order valence-electron chi connectivity index (χ2n) is 9.68. The Morgan fingerprint density at radius 1 is 0.793 bits per heavy atom. The van der Waals surface area contributed by atoms with E-state index in [9.17, 15) is 0 Å². The van der Waals surface area contributed by atoms with E-state index in [-0.39, 0.29) is 0 Å². The Labute approximate surface area is 179 Å². The van der Waals surface area contributed by atoms with Crippen molar-refractivity contribution in [2.24, 2.45) is 23.7 Å². The van der Waals surface area contributed by atoms with E-state index >= 15 is 0 Å². The van der Waals surface area contributed by atoms with Gasteiger partial charge in [0.25, 0.3) is 0 Å². The molecule has 3 rings (SSSR count). The summed E-state index contributed by atoms with van der Waals surface area (Å²) in [4.78, 5) is 0. The summed E-state index contributed by atoms with van der Waals surface area (Å²) >= 11 is 0. The van der Waals surface area contributed by atoms with Crippen molar-refractivity contribution < 1.29 is 4.74 Å². The molecule has 2 fully saturated rings. The van der Waals surface area contributed by atoms with Crippen LogP contribution in [0.5, 0.6) is 5.75 Å². The van der Waals surface area contributed by atoms with E-state index in [0.29, 0.717) is 5.56 Å². The second-order valence-corrected chi connectivity index (χ2v) is 9.68. The smallest absolute Gasteiger partial charge is 0.119 e. The molecule has 0 aromatic heterocycles. The summed E-state index contributed by atoms with van der Waals surface area (Å²) in [6, 6.07) is 9.62. The van der Waals surface area contributed by atoms with Crippen LogP contribution in [0.1, 0.15) is 102 Å². The quantitative estimate of drug-likeness (QED) is 0.377. The molecule has 2 saturated carbocycles. The van der Waals surface area contributed by atoms with Crippen molar-refractivity contribution in [1.82, 2.24) is 0 Å². The van der Waals surface area contributed by atoms with Crippen molar-refractivity contribution in [3.05, 3.63) is 29.8 Å². The molecule has 0 aliphatic heterocycles. The van der Waals surface area contributed by atoms with Crippen molar-refractivity contribution >= 4 is 0 Å². The van der Waals surface area contributed by atoms with Crippen molar-refractivity contribution in [3.63, 3.8) is 0 Å². The normalized spacial score (nSPS) is 27.3. The first-order valence-electron chi connectivity index (χ1n) is 12.4. The van der Waals surface area contributed by atoms with Crippen LogP contribution in [0, 0.1) is 35.0 Å². The molecule has 2 aliphatic carbocycles. The van der Waals surface area contributed by atoms with Crippen LogP contribution in [0.15, 0.2) is 24.3 Å². The molecule has 0 atom stereocenters. The first kappa shape index (κ1) is 22.2. The fourth-order valence-electron chi connectivity index (χ4n) is 5.77. The van der Waals surface area contributed by atoms with E-state index in [4.69, 9.17) is 10.00 Å². The first-order chi connectivity index (χ1) is 14.3. The molecular formula is C27H41NO. The van der Waals surface area contributed by atoms with Gasteiger partial charge in [-0.2, -0.15) is 5.26 Å². The molecule has 0 spiro atoms. The Kier molecular flexibility index (Phi) is 9.39. The minimum Gasteiger partial charge on any atom is -0.494 e. The van der Waals surface area contributed by atoms with E-state index in [1.807, 2.05) is 24.3 Å². The van der Waals surface area contributed by atoms with E-state index < -0.39 is 0 Å². The van der Waals surface area contributed by atoms with Gasteiger partial charge in [0, 0.05) is 0 Å². The number of benzene rings is 1. The van der Waals surface area contributed by atoms with Crippen LogP contribution < -0.4 is 4.74 Å². The van der Waals surface area contributed by atoms with E-state index in [1.165, 1.54) is 83.5 Å². The van der Waals surface area contributed by atoms with Gasteiger partial charge in [-0.1, -0.05) is 58.3 Å². The average Bonchev–Trinajstić information content (AvgIpc) is 2.78. The Morgan fingerprint density at radius 2 is 1.34 bits per heavy atom. The molecule has 1 aromatic carbocycles. The maximum absolute atomic E-state index is 8.85. The predicted octanol–water partition coefficient (Wildman–Crippen LogP) is 7.91. The third kappa shape index (κ3) is 7.36. The van der Waals surface area contributed by atoms with Crippen LogP contribution in [-0.2, 0) is 0 Å². The largest absolute Gasteiger partial charge is 0.494 e. The molecule has 0 heterocycles. The van der Waals surface area contributed by atoms with Crippen LogP contribution in [0.3, 0.4) is 0 Å². The summed E-state index contributed by atoms with van der Waals surface area (Å²) < 4.78 is 5.85. The first-order valence-corrected chi connectivity index (χ1v) is 12.4. The number of nitrogens with zero attached hydrogens (tertiary/aromatic N) is 1. The summed E-state index contributed by atoms with van der Waals surface area (Å²) in [5.74, 6) is 4.92. The van der Waals surface area contributed by atoms with Crippen LogP contribution in [-0.4, -0.2) is 6.61 Å². The summed E-state index contributed by atoms with van der Waals surface area (Å²) in [6.45, 7) is 3.11. The highest BCUT2D eigenvalue weighted by Crippen LogP contribution is 2.43. The number of hydrogen-bond acceptors (Lipinski definition) is 2. The molecular weight excluding hydrogens is 354 g/mol. The van der Waals surface area contributed by atoms with E-state index in [1.54, 1.807) is 0 Å². The van der Waals surface area contributed by atoms with Crippen LogP contribution in [0.2, 0.25) is 0 Å². The number of ether oxygens (including phenoxy) is 1. The average molecular weight is 396 g/mol. The minimum atomic E-state index is 0.694. The standard InChI is InChI=1S/C27H41NO/c1-2-3-4-6-22-8-14-25(15-9-22)26-16-10-23(11-17-26)7-5-20-29-27-18-12-24(21-28)13-19-27/h12-13,18-19,22-23,25-26H,2-11,14-17,20H2,1H3/t22-,23-,25-,26-. The summed E-state index contributed by atoms with van der Waals surface area (Å²) in [5.41, 5.74) is 0.694. The summed E-state index contributed by atoms with van der Waals surface area (Å²) in [7, 11) is 0. The van der Waals surface area contributed by atoms with Crippen LogP contribution >= 0.6 is 0 Å². The highest BCUT2D eigenvalue weighted by Gasteiger charge is 2.30. The molecule has 0 unspecified atom stereocenters. The Hall–Kier alpha value is -1.49. The molecule has 2 heteroatoms. The third-order valence-corrected chi connectivity index (χ3v) is 7.67. The number of hydrogen-bond donors (Lipinski definition) is 0. The number of nitriles is 1. The zero-order valence-corrected chi connectivity index (χ0v) is 18.6. The Morgan fingerprint density at radius 3 is 1.86 bits per heavy atom. The number of rotatable bonds is 10. The molecule has 2 nitrogen and oxygen atoms in total. The van der Waals surface area contributed by atoms with Crippen molar-refractivity contribution in [1.29, 1.82) is 5.26 Å². The summed E-state index contributed by atoms with van der Waals surface area (Å²) in [5, 5.41) is 8.85. The lowest BCUT2D eigenvalue weighted by atomic mass is 9.68. The predicted molar refractivity (Wildman–Crippen MR) is 121 cm³/mol. The fourth-order valence-corrected chi connectivity index (χ4v) is 5.77. The van der Waals surface area contributed by atoms with Gasteiger partial charge in [-0.05, 0) is 86.5 Å². The van der Waals surface area contributed by atoms with Gasteiger partial charge < -0.3 is 4.74 Å². The minimum absolute atomic E-state index is 0.694. The SMILES string of the molecule is CCCCC[C@H]1CC[C@H]([C@H]2CC[C@H](CCCOc3ccc(C#N)cc3)CC2)CC1. The highest BCUT2D eigenvalue weighted by molar-refractivity contribution is 5.34. The van der Waals surface area contributed by atoms with Crippen LogP contribution in [0.4, 0.5) is 0 Å². The molecule has 0 amide bonds. The van der Waals surface area contributed by atoms with Gasteiger partial charge >= 0.3 is 0 Å². The van der Waals surface area contributed by atoms with Crippen molar-refractivity contribution in [3.8, 4) is 11.8 Å². The summed E-state index contributed by atoms with van der Waals surface area (Å²) in [6.07, 6.45) is 20.1. The molecule has 2 aliphatic rings. The topological polar surface area (TPSA) is 33.0 Å². The molecule has 0 saturated heterocycles. The zero-order valence-electron chi connectivity index (χ0n) is 18.6. The monoisotopic (exact) mass is 395 g/mol. The Balaban J connectivity index is 1.25. The molecule has 0 bridgehead atoms. The van der Waals surface area contributed by atoms with Gasteiger partial charge in [-0.15, -0.1) is 0 Å². The van der Waals surface area contributed by atoms with Crippen molar-refractivity contribution in [2.75, 3.05) is 6.61 Å². The lowest BCUT2D eigenvalue weighted by Gasteiger charge is -2.38. The molecule has 1 aromatic rings. The van der Waals surface area contributed by atoms with Crippen LogP contribution in [0.25, 0.3) is 0 Å². The third-order valence-electron chi connectivity index (χ3n) is 7.67. The second kappa shape index (κ2) is 12.3. The number of unbranched alkanes of at least 4 members (excludes halogenated alkanes) is 2. The van der Waals surface area contributed by atoms with Gasteiger partial charge in [-0.25, -0.2) is 0 Å². The molecule has 160 valence electrons. The maximum Gasteiger partial charge on any atom is 0.119 e. The molecule has 0 radical (unpaired) electrons. The van der Waals surface area contributed by atoms with Gasteiger partial charge in [0.1, 0.15) is 5.75 Å². The van der Waals surface area contributed by atoms with Gasteiger partial charge in [0.05, 0.1) is 18.2 Å². The lowest BCUT2D eigenvalue weighted by molar-refractivity contribution is 0.138. The van der Waals surface area contributed by atoms with Gasteiger partial charge in [0.2, 0.25) is 0 Å². The molecule has 29 heavy (non-hydrogen) atoms. The van der Waals surface area contributed by atoms with Crippen molar-refractivity contribution in [2.45, 2.75) is 96.8 Å². The highest BCUT2D eigenvalue weighted by atomic mass is 16.5. The Bertz CT molecular complexity index is 600. The lowest BCUT2D eigenvalue weighted by Crippen LogP contribution is -2.26.